The van der Waals surface area contributed by atoms with Crippen molar-refractivity contribution in [1.82, 2.24) is 15.1 Å². The highest BCUT2D eigenvalue weighted by Crippen LogP contribution is 2.31. The van der Waals surface area contributed by atoms with Crippen molar-refractivity contribution in [2.24, 2.45) is 0 Å². The van der Waals surface area contributed by atoms with E-state index in [1.54, 1.807) is 0 Å². The molecule has 4 rings (SSSR count). The van der Waals surface area contributed by atoms with Crippen LogP contribution in [0.15, 0.2) is 12.1 Å². The minimum absolute atomic E-state index is 0.133. The van der Waals surface area contributed by atoms with Crippen molar-refractivity contribution in [3.63, 3.8) is 0 Å². The maximum Gasteiger partial charge on any atom is 0.150 e. The number of nitrogens with one attached hydrogen (secondary N) is 1. The minimum Gasteiger partial charge on any atom is -0.357 e. The van der Waals surface area contributed by atoms with E-state index < -0.39 is 0 Å². The molecule has 20 heavy (non-hydrogen) atoms. The number of hydrogen-bond acceptors (Lipinski definition) is 3. The van der Waals surface area contributed by atoms with E-state index in [0.717, 1.165) is 38.1 Å². The lowest BCUT2D eigenvalue weighted by Crippen LogP contribution is -2.23. The number of rotatable bonds is 1. The van der Waals surface area contributed by atoms with E-state index in [4.69, 9.17) is 9.84 Å². The minimum atomic E-state index is 0.133. The first kappa shape index (κ1) is 12.4. The maximum absolute atomic E-state index is 5.91. The highest BCUT2D eigenvalue weighted by Gasteiger charge is 2.22. The van der Waals surface area contributed by atoms with Gasteiger partial charge in [0.1, 0.15) is 6.23 Å². The molecular weight excluding hydrogens is 250 g/mol. The van der Waals surface area contributed by atoms with E-state index in [-0.39, 0.29) is 6.23 Å². The first-order chi connectivity index (χ1) is 9.84. The molecule has 3 heterocycles. The molecule has 0 bridgehead atoms. The second-order valence-corrected chi connectivity index (χ2v) is 5.88. The Morgan fingerprint density at radius 1 is 1.35 bits per heavy atom. The van der Waals surface area contributed by atoms with Gasteiger partial charge in [0.15, 0.2) is 0 Å². The third kappa shape index (κ3) is 1.86. The molecule has 2 aliphatic rings. The Morgan fingerprint density at radius 3 is 3.15 bits per heavy atom. The van der Waals surface area contributed by atoms with Gasteiger partial charge in [-0.2, -0.15) is 5.10 Å². The van der Waals surface area contributed by atoms with Gasteiger partial charge in [-0.05, 0) is 56.3 Å². The van der Waals surface area contributed by atoms with Crippen LogP contribution in [0.3, 0.4) is 0 Å². The molecule has 4 nitrogen and oxygen atoms in total. The second kappa shape index (κ2) is 4.86. The molecule has 1 aromatic carbocycles. The van der Waals surface area contributed by atoms with Gasteiger partial charge in [-0.15, -0.1) is 0 Å². The molecule has 0 saturated carbocycles. The van der Waals surface area contributed by atoms with Gasteiger partial charge in [-0.25, -0.2) is 4.68 Å². The van der Waals surface area contributed by atoms with Crippen molar-refractivity contribution >= 4 is 10.9 Å². The molecule has 2 aliphatic heterocycles. The summed E-state index contributed by atoms with van der Waals surface area (Å²) in [6, 6.07) is 4.38. The van der Waals surface area contributed by atoms with Crippen molar-refractivity contribution in [2.75, 3.05) is 13.2 Å². The lowest BCUT2D eigenvalue weighted by Gasteiger charge is -2.24. The second-order valence-electron chi connectivity index (χ2n) is 5.88. The first-order valence-electron chi connectivity index (χ1n) is 7.66. The quantitative estimate of drug-likeness (QED) is 0.866. The summed E-state index contributed by atoms with van der Waals surface area (Å²) in [4.78, 5) is 0. The van der Waals surface area contributed by atoms with Crippen LogP contribution in [0.5, 0.6) is 0 Å². The zero-order valence-corrected chi connectivity index (χ0v) is 12.0. The number of fused-ring (bicyclic) bond motifs is 3. The van der Waals surface area contributed by atoms with Crippen LogP contribution in [0.4, 0.5) is 0 Å². The molecule has 0 aliphatic carbocycles. The van der Waals surface area contributed by atoms with Crippen molar-refractivity contribution in [2.45, 2.75) is 45.4 Å². The summed E-state index contributed by atoms with van der Waals surface area (Å²) in [5, 5.41) is 9.62. The molecule has 0 radical (unpaired) electrons. The Bertz CT molecular complexity index is 641. The monoisotopic (exact) mass is 271 g/mol. The van der Waals surface area contributed by atoms with Gasteiger partial charge in [0.2, 0.25) is 0 Å². The smallest absolute Gasteiger partial charge is 0.150 e. The van der Waals surface area contributed by atoms with Crippen molar-refractivity contribution in [1.29, 1.82) is 0 Å². The Morgan fingerprint density at radius 2 is 2.30 bits per heavy atom. The standard InChI is InChI=1S/C16H21N3O/c1-11-16-13-7-8-17-10-12(13)5-6-14(16)18-19(11)15-4-2-3-9-20-15/h5-6,15,17H,2-4,7-10H2,1H3. The van der Waals surface area contributed by atoms with E-state index in [9.17, 15) is 0 Å². The zero-order valence-electron chi connectivity index (χ0n) is 12.0. The van der Waals surface area contributed by atoms with Crippen LogP contribution in [-0.2, 0) is 17.7 Å². The molecular formula is C16H21N3O. The average Bonchev–Trinajstić information content (AvgIpc) is 2.86. The highest BCUT2D eigenvalue weighted by atomic mass is 16.5. The Hall–Kier alpha value is -1.39. The van der Waals surface area contributed by atoms with Crippen molar-refractivity contribution in [3.05, 3.63) is 29.0 Å². The Balaban J connectivity index is 1.85. The van der Waals surface area contributed by atoms with Crippen LogP contribution in [0.1, 0.15) is 42.3 Å². The van der Waals surface area contributed by atoms with Crippen LogP contribution in [-0.4, -0.2) is 22.9 Å². The third-order valence-corrected chi connectivity index (χ3v) is 4.60. The van der Waals surface area contributed by atoms with E-state index in [0.29, 0.717) is 0 Å². The normalized spacial score (nSPS) is 22.9. The molecule has 1 unspecified atom stereocenters. The fourth-order valence-electron chi connectivity index (χ4n) is 3.56. The molecule has 0 spiro atoms. The summed E-state index contributed by atoms with van der Waals surface area (Å²) in [5.41, 5.74) is 5.31. The first-order valence-corrected chi connectivity index (χ1v) is 7.66. The third-order valence-electron chi connectivity index (χ3n) is 4.60. The summed E-state index contributed by atoms with van der Waals surface area (Å²) in [5.74, 6) is 0. The number of aromatic nitrogens is 2. The maximum atomic E-state index is 5.91. The van der Waals surface area contributed by atoms with Gasteiger partial charge in [-0.3, -0.25) is 0 Å². The fourth-order valence-corrected chi connectivity index (χ4v) is 3.56. The zero-order chi connectivity index (χ0) is 13.5. The SMILES string of the molecule is Cc1c2c3c(ccc2nn1C1CCCCO1)CNCC3. The molecule has 2 aromatic rings. The molecule has 106 valence electrons. The van der Waals surface area contributed by atoms with E-state index in [1.165, 1.54) is 35.0 Å². The molecule has 1 aromatic heterocycles. The topological polar surface area (TPSA) is 39.1 Å². The van der Waals surface area contributed by atoms with Crippen LogP contribution in [0.25, 0.3) is 10.9 Å². The number of nitrogens with zero attached hydrogens (tertiary/aromatic N) is 2. The summed E-state index contributed by atoms with van der Waals surface area (Å²) >= 11 is 0. The van der Waals surface area contributed by atoms with Crippen molar-refractivity contribution in [3.8, 4) is 0 Å². The average molecular weight is 271 g/mol. The van der Waals surface area contributed by atoms with Crippen LogP contribution in [0.2, 0.25) is 0 Å². The Labute approximate surface area is 119 Å². The summed E-state index contributed by atoms with van der Waals surface area (Å²) in [6.45, 7) is 5.10. The fraction of sp³-hybridized carbons (Fsp3) is 0.562. The number of hydrogen-bond donors (Lipinski definition) is 1. The predicted octanol–water partition coefficient (Wildman–Crippen LogP) is 2.69. The van der Waals surface area contributed by atoms with Crippen LogP contribution in [0, 0.1) is 6.92 Å². The molecule has 1 atom stereocenters. The molecule has 1 N–H and O–H groups in total. The molecule has 1 saturated heterocycles. The van der Waals surface area contributed by atoms with E-state index >= 15 is 0 Å². The largest absolute Gasteiger partial charge is 0.357 e. The van der Waals surface area contributed by atoms with Gasteiger partial charge < -0.3 is 10.1 Å². The summed E-state index contributed by atoms with van der Waals surface area (Å²) in [7, 11) is 0. The molecule has 4 heteroatoms. The van der Waals surface area contributed by atoms with Gasteiger partial charge >= 0.3 is 0 Å². The van der Waals surface area contributed by atoms with Gasteiger partial charge in [0.05, 0.1) is 5.52 Å². The Kier molecular flexibility index (Phi) is 3.00. The number of benzene rings is 1. The van der Waals surface area contributed by atoms with Crippen LogP contribution < -0.4 is 5.32 Å². The lowest BCUT2D eigenvalue weighted by atomic mass is 9.96. The number of ether oxygens (including phenoxy) is 1. The highest BCUT2D eigenvalue weighted by molar-refractivity contribution is 5.86. The van der Waals surface area contributed by atoms with Crippen LogP contribution >= 0.6 is 0 Å². The molecule has 0 amide bonds. The van der Waals surface area contributed by atoms with E-state index in [1.807, 2.05) is 0 Å². The van der Waals surface area contributed by atoms with E-state index in [2.05, 4.69) is 29.1 Å². The molecule has 1 fully saturated rings. The van der Waals surface area contributed by atoms with Gasteiger partial charge in [0, 0.05) is 24.2 Å². The summed E-state index contributed by atoms with van der Waals surface area (Å²) in [6.07, 6.45) is 4.73. The van der Waals surface area contributed by atoms with Gasteiger partial charge in [0.25, 0.3) is 0 Å². The lowest BCUT2D eigenvalue weighted by molar-refractivity contribution is -0.0402. The van der Waals surface area contributed by atoms with Gasteiger partial charge in [-0.1, -0.05) is 6.07 Å². The summed E-state index contributed by atoms with van der Waals surface area (Å²) < 4.78 is 8.02. The predicted molar refractivity (Wildman–Crippen MR) is 78.7 cm³/mol. The number of aryl methyl sites for hydroxylation is 1. The van der Waals surface area contributed by atoms with Crippen molar-refractivity contribution < 1.29 is 4.74 Å².